The molecule has 0 aliphatic rings. The Kier molecular flexibility index (Phi) is 4.08. The number of hydrogen-bond donors (Lipinski definition) is 2. The predicted octanol–water partition coefficient (Wildman–Crippen LogP) is 2.62. The van der Waals surface area contributed by atoms with Gasteiger partial charge < -0.3 is 10.8 Å². The molecule has 1 aromatic carbocycles. The van der Waals surface area contributed by atoms with Crippen LogP contribution in [0.15, 0.2) is 43.0 Å². The molecular weight excluding hydrogens is 290 g/mol. The largest absolute Gasteiger partial charge is 0.493 e. The third-order valence-electron chi connectivity index (χ3n) is 3.69. The van der Waals surface area contributed by atoms with Gasteiger partial charge in [-0.25, -0.2) is 9.97 Å². The van der Waals surface area contributed by atoms with Gasteiger partial charge in [0.25, 0.3) is 0 Å². The quantitative estimate of drug-likeness (QED) is 0.773. The van der Waals surface area contributed by atoms with Crippen molar-refractivity contribution in [1.82, 2.24) is 19.5 Å². The van der Waals surface area contributed by atoms with E-state index in [1.165, 1.54) is 0 Å². The van der Waals surface area contributed by atoms with Crippen molar-refractivity contribution in [3.63, 3.8) is 0 Å². The van der Waals surface area contributed by atoms with Crippen molar-refractivity contribution in [2.45, 2.75) is 26.3 Å². The maximum Gasteiger partial charge on any atom is 0.238 e. The van der Waals surface area contributed by atoms with Gasteiger partial charge in [0, 0.05) is 30.1 Å². The molecule has 23 heavy (non-hydrogen) atoms. The Labute approximate surface area is 134 Å². The van der Waals surface area contributed by atoms with Crippen molar-refractivity contribution in [2.75, 3.05) is 0 Å². The number of hydrogen-bond acceptors (Lipinski definition) is 5. The van der Waals surface area contributed by atoms with Crippen LogP contribution in [-0.2, 0) is 6.54 Å². The van der Waals surface area contributed by atoms with Gasteiger partial charge in [-0.2, -0.15) is 4.98 Å². The summed E-state index contributed by atoms with van der Waals surface area (Å²) in [6, 6.07) is 7.87. The Morgan fingerprint density at radius 2 is 1.91 bits per heavy atom. The number of nitrogens with zero attached hydrogens (tertiary/aromatic N) is 4. The van der Waals surface area contributed by atoms with Gasteiger partial charge in [-0.1, -0.05) is 38.1 Å². The molecule has 0 saturated carbocycles. The van der Waals surface area contributed by atoms with E-state index < -0.39 is 0 Å². The second-order valence-electron chi connectivity index (χ2n) is 5.64. The molecule has 3 rings (SSSR count). The highest BCUT2D eigenvalue weighted by molar-refractivity contribution is 5.66. The maximum atomic E-state index is 10.4. The standard InChI is InChI=1S/C17H19N5O/c1-11(2)14-15(13-5-3-12(9-18)4-6-13)20-17(21-16(14)23)22-8-7-19-10-22/h3-8,10-11H,9,18H2,1-2H3,(H,20,21,23). The second kappa shape index (κ2) is 6.18. The summed E-state index contributed by atoms with van der Waals surface area (Å²) in [5.74, 6) is 0.481. The van der Waals surface area contributed by atoms with E-state index in [4.69, 9.17) is 5.73 Å². The zero-order valence-electron chi connectivity index (χ0n) is 13.1. The van der Waals surface area contributed by atoms with E-state index >= 15 is 0 Å². The predicted molar refractivity (Wildman–Crippen MR) is 88.2 cm³/mol. The molecule has 0 unspecified atom stereocenters. The summed E-state index contributed by atoms with van der Waals surface area (Å²) in [5.41, 5.74) is 9.08. The Hall–Kier alpha value is -2.73. The molecule has 2 heterocycles. The fraction of sp³-hybridized carbons (Fsp3) is 0.235. The van der Waals surface area contributed by atoms with E-state index in [9.17, 15) is 5.11 Å². The molecule has 0 spiro atoms. The average Bonchev–Trinajstić information content (AvgIpc) is 3.08. The first-order chi connectivity index (χ1) is 11.1. The zero-order valence-corrected chi connectivity index (χ0v) is 13.1. The minimum atomic E-state index is -0.00315. The average molecular weight is 309 g/mol. The van der Waals surface area contributed by atoms with Gasteiger partial charge in [-0.3, -0.25) is 4.57 Å². The molecule has 0 aliphatic heterocycles. The first kappa shape index (κ1) is 15.2. The molecule has 6 nitrogen and oxygen atoms in total. The van der Waals surface area contributed by atoms with Crippen molar-refractivity contribution in [2.24, 2.45) is 5.73 Å². The number of aromatic nitrogens is 4. The van der Waals surface area contributed by atoms with Crippen LogP contribution in [0.5, 0.6) is 5.88 Å². The van der Waals surface area contributed by atoms with Crippen molar-refractivity contribution >= 4 is 0 Å². The number of benzene rings is 1. The van der Waals surface area contributed by atoms with Gasteiger partial charge in [-0.05, 0) is 11.5 Å². The van der Waals surface area contributed by atoms with Gasteiger partial charge in [0.05, 0.1) is 5.69 Å². The normalized spacial score (nSPS) is 11.1. The number of aromatic hydroxyl groups is 1. The van der Waals surface area contributed by atoms with Gasteiger partial charge in [0.15, 0.2) is 0 Å². The fourth-order valence-electron chi connectivity index (χ4n) is 2.49. The molecule has 3 N–H and O–H groups in total. The summed E-state index contributed by atoms with van der Waals surface area (Å²) in [5, 5.41) is 10.4. The SMILES string of the molecule is CC(C)c1c(O)nc(-n2ccnc2)nc1-c1ccc(CN)cc1. The van der Waals surface area contributed by atoms with Crippen molar-refractivity contribution in [1.29, 1.82) is 0 Å². The summed E-state index contributed by atoms with van der Waals surface area (Å²) in [6.07, 6.45) is 4.99. The topological polar surface area (TPSA) is 89.9 Å². The third kappa shape index (κ3) is 2.93. The van der Waals surface area contributed by atoms with E-state index in [0.717, 1.165) is 22.4 Å². The molecule has 0 atom stereocenters. The van der Waals surface area contributed by atoms with E-state index in [1.807, 2.05) is 38.1 Å². The maximum absolute atomic E-state index is 10.4. The fourth-order valence-corrected chi connectivity index (χ4v) is 2.49. The molecule has 118 valence electrons. The summed E-state index contributed by atoms with van der Waals surface area (Å²) in [4.78, 5) is 12.8. The van der Waals surface area contributed by atoms with Crippen LogP contribution < -0.4 is 5.73 Å². The minimum absolute atomic E-state index is 0.00315. The highest BCUT2D eigenvalue weighted by atomic mass is 16.3. The van der Waals surface area contributed by atoms with Gasteiger partial charge >= 0.3 is 0 Å². The Morgan fingerprint density at radius 1 is 1.17 bits per heavy atom. The highest BCUT2D eigenvalue weighted by Crippen LogP contribution is 2.33. The number of rotatable bonds is 4. The first-order valence-corrected chi connectivity index (χ1v) is 7.48. The van der Waals surface area contributed by atoms with Crippen LogP contribution in [0, 0.1) is 0 Å². The lowest BCUT2D eigenvalue weighted by atomic mass is 9.97. The summed E-state index contributed by atoms with van der Waals surface area (Å²) >= 11 is 0. The van der Waals surface area contributed by atoms with Crippen molar-refractivity contribution in [3.05, 3.63) is 54.1 Å². The van der Waals surface area contributed by atoms with Crippen LogP contribution in [0.2, 0.25) is 0 Å². The molecule has 0 amide bonds. The molecule has 0 aliphatic carbocycles. The smallest absolute Gasteiger partial charge is 0.238 e. The van der Waals surface area contributed by atoms with Gasteiger partial charge in [-0.15, -0.1) is 0 Å². The third-order valence-corrected chi connectivity index (χ3v) is 3.69. The van der Waals surface area contributed by atoms with Crippen LogP contribution in [-0.4, -0.2) is 24.6 Å². The minimum Gasteiger partial charge on any atom is -0.493 e. The monoisotopic (exact) mass is 309 g/mol. The molecular formula is C17H19N5O. The van der Waals surface area contributed by atoms with E-state index in [1.54, 1.807) is 23.3 Å². The van der Waals surface area contributed by atoms with E-state index in [-0.39, 0.29) is 11.8 Å². The summed E-state index contributed by atoms with van der Waals surface area (Å²) in [6.45, 7) is 4.51. The molecule has 2 aromatic heterocycles. The van der Waals surface area contributed by atoms with Crippen molar-refractivity contribution in [3.8, 4) is 23.1 Å². The van der Waals surface area contributed by atoms with Crippen LogP contribution in [0.4, 0.5) is 0 Å². The van der Waals surface area contributed by atoms with Crippen LogP contribution >= 0.6 is 0 Å². The zero-order chi connectivity index (χ0) is 16.4. The molecule has 6 heteroatoms. The molecule has 3 aromatic rings. The Bertz CT molecular complexity index is 795. The molecule has 0 saturated heterocycles. The molecule has 0 bridgehead atoms. The van der Waals surface area contributed by atoms with E-state index in [0.29, 0.717) is 12.5 Å². The van der Waals surface area contributed by atoms with Crippen LogP contribution in [0.1, 0.15) is 30.9 Å². The highest BCUT2D eigenvalue weighted by Gasteiger charge is 2.19. The Morgan fingerprint density at radius 3 is 2.48 bits per heavy atom. The lowest BCUT2D eigenvalue weighted by molar-refractivity contribution is 0.440. The van der Waals surface area contributed by atoms with Crippen LogP contribution in [0.25, 0.3) is 17.2 Å². The van der Waals surface area contributed by atoms with E-state index in [2.05, 4.69) is 15.0 Å². The second-order valence-corrected chi connectivity index (χ2v) is 5.64. The molecule has 0 fully saturated rings. The number of imidazole rings is 1. The van der Waals surface area contributed by atoms with Gasteiger partial charge in [0.1, 0.15) is 6.33 Å². The summed E-state index contributed by atoms with van der Waals surface area (Å²) in [7, 11) is 0. The summed E-state index contributed by atoms with van der Waals surface area (Å²) < 4.78 is 1.67. The lowest BCUT2D eigenvalue weighted by Crippen LogP contribution is -2.05. The molecule has 0 radical (unpaired) electrons. The number of nitrogens with two attached hydrogens (primary N) is 1. The van der Waals surface area contributed by atoms with Gasteiger partial charge in [0.2, 0.25) is 11.8 Å². The van der Waals surface area contributed by atoms with Crippen molar-refractivity contribution < 1.29 is 5.11 Å². The first-order valence-electron chi connectivity index (χ1n) is 7.48. The van der Waals surface area contributed by atoms with Crippen LogP contribution in [0.3, 0.4) is 0 Å². The lowest BCUT2D eigenvalue weighted by Gasteiger charge is -2.15. The Balaban J connectivity index is 2.18.